The monoisotopic (exact) mass is 292 g/mol. The summed E-state index contributed by atoms with van der Waals surface area (Å²) in [5.41, 5.74) is -0.00820. The number of rotatable bonds is 2. The fourth-order valence-corrected chi connectivity index (χ4v) is 1.55. The smallest absolute Gasteiger partial charge is 0.144 e. The summed E-state index contributed by atoms with van der Waals surface area (Å²) >= 11 is 3.27. The summed E-state index contributed by atoms with van der Waals surface area (Å²) in [7, 11) is 0. The lowest BCUT2D eigenvalue weighted by atomic mass is 10.2. The van der Waals surface area contributed by atoms with Gasteiger partial charge in [-0.15, -0.1) is 0 Å². The Kier molecular flexibility index (Phi) is 3.35. The lowest BCUT2D eigenvalue weighted by molar-refractivity contribution is 0.473. The van der Waals surface area contributed by atoms with Gasteiger partial charge in [0.15, 0.2) is 0 Å². The summed E-state index contributed by atoms with van der Waals surface area (Å²) in [6.45, 7) is 0. The van der Waals surface area contributed by atoms with Crippen LogP contribution in [0.1, 0.15) is 5.56 Å². The topological polar surface area (TPSA) is 45.9 Å². The molecule has 1 aromatic carbocycles. The van der Waals surface area contributed by atoms with Gasteiger partial charge in [-0.25, -0.2) is 4.39 Å². The molecular formula is C12H6BrFN2O. The summed E-state index contributed by atoms with van der Waals surface area (Å²) in [5.74, 6) is 0.257. The fourth-order valence-electron chi connectivity index (χ4n) is 1.22. The molecular weight excluding hydrogens is 287 g/mol. The Hall–Kier alpha value is -1.93. The summed E-state index contributed by atoms with van der Waals surface area (Å²) in [4.78, 5) is 3.89. The van der Waals surface area contributed by atoms with Gasteiger partial charge in [0.25, 0.3) is 0 Å². The zero-order chi connectivity index (χ0) is 12.3. The van der Waals surface area contributed by atoms with Gasteiger partial charge in [0, 0.05) is 24.5 Å². The maximum absolute atomic E-state index is 13.3. The Morgan fingerprint density at radius 2 is 2.18 bits per heavy atom. The average Bonchev–Trinajstić information content (AvgIpc) is 2.32. The zero-order valence-electron chi connectivity index (χ0n) is 8.52. The van der Waals surface area contributed by atoms with E-state index in [4.69, 9.17) is 10.00 Å². The second-order valence-electron chi connectivity index (χ2n) is 3.16. The van der Waals surface area contributed by atoms with E-state index in [1.165, 1.54) is 18.2 Å². The van der Waals surface area contributed by atoms with E-state index in [9.17, 15) is 4.39 Å². The molecule has 0 amide bonds. The van der Waals surface area contributed by atoms with E-state index >= 15 is 0 Å². The Labute approximate surface area is 106 Å². The first-order valence-corrected chi connectivity index (χ1v) is 5.47. The van der Waals surface area contributed by atoms with Gasteiger partial charge in [-0.2, -0.15) is 5.26 Å². The van der Waals surface area contributed by atoms with Crippen LogP contribution in [0.4, 0.5) is 4.39 Å². The van der Waals surface area contributed by atoms with Gasteiger partial charge >= 0.3 is 0 Å². The number of hydrogen-bond donors (Lipinski definition) is 0. The number of pyridine rings is 1. The maximum atomic E-state index is 13.3. The van der Waals surface area contributed by atoms with Crippen LogP contribution in [0.5, 0.6) is 11.5 Å². The molecule has 17 heavy (non-hydrogen) atoms. The second kappa shape index (κ2) is 4.93. The molecule has 1 heterocycles. The summed E-state index contributed by atoms with van der Waals surface area (Å²) in [5, 5.41) is 8.60. The molecule has 0 aliphatic rings. The van der Waals surface area contributed by atoms with Gasteiger partial charge in [0.05, 0.1) is 10.0 Å². The van der Waals surface area contributed by atoms with Crippen molar-refractivity contribution in [1.82, 2.24) is 4.98 Å². The highest BCUT2D eigenvalue weighted by Gasteiger charge is 2.06. The van der Waals surface area contributed by atoms with Crippen LogP contribution in [-0.2, 0) is 0 Å². The maximum Gasteiger partial charge on any atom is 0.144 e. The number of benzene rings is 1. The molecule has 0 saturated carbocycles. The van der Waals surface area contributed by atoms with Gasteiger partial charge in [-0.1, -0.05) is 0 Å². The third-order valence-electron chi connectivity index (χ3n) is 2.02. The molecule has 0 atom stereocenters. The minimum Gasteiger partial charge on any atom is -0.456 e. The molecule has 2 rings (SSSR count). The first kappa shape index (κ1) is 11.6. The summed E-state index contributed by atoms with van der Waals surface area (Å²) in [6.07, 6.45) is 3.15. The van der Waals surface area contributed by atoms with Crippen LogP contribution in [0.2, 0.25) is 0 Å². The van der Waals surface area contributed by atoms with Crippen LogP contribution >= 0.6 is 15.9 Å². The first-order chi connectivity index (χ1) is 8.20. The van der Waals surface area contributed by atoms with Crippen LogP contribution in [0.25, 0.3) is 0 Å². The van der Waals surface area contributed by atoms with Crippen molar-refractivity contribution in [2.75, 3.05) is 0 Å². The van der Waals surface area contributed by atoms with Gasteiger partial charge in [0.1, 0.15) is 23.4 Å². The van der Waals surface area contributed by atoms with Crippen LogP contribution in [0, 0.1) is 17.1 Å². The number of nitrogens with zero attached hydrogens (tertiary/aromatic N) is 2. The van der Waals surface area contributed by atoms with Crippen molar-refractivity contribution in [3.05, 3.63) is 52.5 Å². The highest BCUT2D eigenvalue weighted by atomic mass is 79.9. The SMILES string of the molecule is N#Cc1ccc(Oc2ccncc2Br)cc1F. The zero-order valence-corrected chi connectivity index (χ0v) is 10.1. The van der Waals surface area contributed by atoms with E-state index in [1.54, 1.807) is 24.5 Å². The van der Waals surface area contributed by atoms with Gasteiger partial charge in [-0.05, 0) is 28.1 Å². The fraction of sp³-hybridized carbons (Fsp3) is 0. The minimum atomic E-state index is -0.602. The van der Waals surface area contributed by atoms with Gasteiger partial charge < -0.3 is 4.74 Å². The number of hydrogen-bond acceptors (Lipinski definition) is 3. The van der Waals surface area contributed by atoms with Crippen molar-refractivity contribution in [3.8, 4) is 17.6 Å². The molecule has 0 unspecified atom stereocenters. The number of ether oxygens (including phenoxy) is 1. The first-order valence-electron chi connectivity index (χ1n) is 4.67. The van der Waals surface area contributed by atoms with E-state index < -0.39 is 5.82 Å². The van der Waals surface area contributed by atoms with Crippen molar-refractivity contribution in [2.24, 2.45) is 0 Å². The van der Waals surface area contributed by atoms with E-state index in [0.29, 0.717) is 16.0 Å². The number of halogens is 2. The lowest BCUT2D eigenvalue weighted by Gasteiger charge is -2.07. The molecule has 0 bridgehead atoms. The molecule has 0 fully saturated rings. The molecule has 0 radical (unpaired) electrons. The van der Waals surface area contributed by atoms with Crippen molar-refractivity contribution in [2.45, 2.75) is 0 Å². The molecule has 0 saturated heterocycles. The Morgan fingerprint density at radius 3 is 2.82 bits per heavy atom. The Balaban J connectivity index is 2.29. The van der Waals surface area contributed by atoms with Crippen LogP contribution in [-0.4, -0.2) is 4.98 Å². The largest absolute Gasteiger partial charge is 0.456 e. The third-order valence-corrected chi connectivity index (χ3v) is 2.62. The third kappa shape index (κ3) is 2.60. The summed E-state index contributed by atoms with van der Waals surface area (Å²) < 4.78 is 19.5. The van der Waals surface area contributed by atoms with E-state index in [-0.39, 0.29) is 5.56 Å². The van der Waals surface area contributed by atoms with Crippen LogP contribution in [0.15, 0.2) is 41.1 Å². The molecule has 84 valence electrons. The number of nitriles is 1. The average molecular weight is 293 g/mol. The van der Waals surface area contributed by atoms with Crippen LogP contribution < -0.4 is 4.74 Å². The standard InChI is InChI=1S/C12H6BrFN2O/c13-10-7-16-4-3-12(10)17-9-2-1-8(6-15)11(14)5-9/h1-5,7H. The van der Waals surface area contributed by atoms with Crippen molar-refractivity contribution in [3.63, 3.8) is 0 Å². The Bertz CT molecular complexity index is 595. The quantitative estimate of drug-likeness (QED) is 0.849. The van der Waals surface area contributed by atoms with Gasteiger partial charge in [0.2, 0.25) is 0 Å². The second-order valence-corrected chi connectivity index (χ2v) is 4.02. The van der Waals surface area contributed by atoms with Crippen molar-refractivity contribution < 1.29 is 9.13 Å². The summed E-state index contributed by atoms with van der Waals surface area (Å²) in [6, 6.07) is 7.48. The molecule has 2 aromatic rings. The van der Waals surface area contributed by atoms with Crippen molar-refractivity contribution in [1.29, 1.82) is 5.26 Å². The van der Waals surface area contributed by atoms with E-state index in [2.05, 4.69) is 20.9 Å². The lowest BCUT2D eigenvalue weighted by Crippen LogP contribution is -1.89. The molecule has 0 aliphatic heterocycles. The minimum absolute atomic E-state index is 0.00820. The van der Waals surface area contributed by atoms with Gasteiger partial charge in [-0.3, -0.25) is 4.98 Å². The molecule has 5 heteroatoms. The van der Waals surface area contributed by atoms with E-state index in [1.807, 2.05) is 0 Å². The molecule has 3 nitrogen and oxygen atoms in total. The highest BCUT2D eigenvalue weighted by molar-refractivity contribution is 9.10. The molecule has 0 spiro atoms. The Morgan fingerprint density at radius 1 is 1.35 bits per heavy atom. The predicted molar refractivity (Wildman–Crippen MR) is 63.1 cm³/mol. The van der Waals surface area contributed by atoms with Crippen LogP contribution in [0.3, 0.4) is 0 Å². The molecule has 0 N–H and O–H groups in total. The van der Waals surface area contributed by atoms with Crippen molar-refractivity contribution >= 4 is 15.9 Å². The van der Waals surface area contributed by atoms with E-state index in [0.717, 1.165) is 0 Å². The highest BCUT2D eigenvalue weighted by Crippen LogP contribution is 2.29. The predicted octanol–water partition coefficient (Wildman–Crippen LogP) is 3.65. The molecule has 1 aromatic heterocycles. The number of aromatic nitrogens is 1. The normalized spacial score (nSPS) is 9.71. The molecule has 0 aliphatic carbocycles.